The van der Waals surface area contributed by atoms with Crippen LogP contribution in [-0.4, -0.2) is 17.5 Å². The van der Waals surface area contributed by atoms with E-state index >= 15 is 0 Å². The first-order valence-electron chi connectivity index (χ1n) is 6.61. The highest BCUT2D eigenvalue weighted by atomic mass is 19.1. The highest BCUT2D eigenvalue weighted by Crippen LogP contribution is 2.30. The number of rotatable bonds is 3. The predicted octanol–water partition coefficient (Wildman–Crippen LogP) is 2.65. The number of nitrogens with one attached hydrogen (secondary N) is 1. The summed E-state index contributed by atoms with van der Waals surface area (Å²) in [6.45, 7) is 0.576. The minimum absolute atomic E-state index is 0.0257. The normalized spacial score (nSPS) is 16.9. The highest BCUT2D eigenvalue weighted by Gasteiger charge is 2.30. The summed E-state index contributed by atoms with van der Waals surface area (Å²) in [6, 6.07) is 16.0. The van der Waals surface area contributed by atoms with E-state index in [0.29, 0.717) is 18.5 Å². The Balaban J connectivity index is 2.04. The van der Waals surface area contributed by atoms with Gasteiger partial charge < -0.3 is 0 Å². The molecule has 1 heterocycles. The van der Waals surface area contributed by atoms with Gasteiger partial charge in [-0.15, -0.1) is 0 Å². The Labute approximate surface area is 117 Å². The number of carbonyl (C=O) groups is 1. The number of benzene rings is 2. The summed E-state index contributed by atoms with van der Waals surface area (Å²) in [7, 11) is 0. The van der Waals surface area contributed by atoms with Crippen LogP contribution in [0.3, 0.4) is 0 Å². The van der Waals surface area contributed by atoms with E-state index in [4.69, 9.17) is 0 Å². The van der Waals surface area contributed by atoms with Gasteiger partial charge in [-0.1, -0.05) is 48.5 Å². The molecule has 2 aromatic carbocycles. The summed E-state index contributed by atoms with van der Waals surface area (Å²) in [5.41, 5.74) is 4.33. The molecule has 0 saturated carbocycles. The van der Waals surface area contributed by atoms with E-state index in [1.54, 1.807) is 17.1 Å². The number of amides is 1. The zero-order chi connectivity index (χ0) is 13.9. The number of hydrogen-bond donors (Lipinski definition) is 1. The first-order valence-corrected chi connectivity index (χ1v) is 6.61. The Morgan fingerprint density at radius 2 is 1.75 bits per heavy atom. The topological polar surface area (TPSA) is 32.3 Å². The minimum atomic E-state index is -0.302. The Kier molecular flexibility index (Phi) is 3.48. The van der Waals surface area contributed by atoms with E-state index in [2.05, 4.69) is 5.43 Å². The Morgan fingerprint density at radius 3 is 2.40 bits per heavy atom. The first kappa shape index (κ1) is 12.8. The number of nitrogens with zero attached hydrogens (tertiary/aromatic N) is 1. The van der Waals surface area contributed by atoms with Crippen LogP contribution in [-0.2, 0) is 4.79 Å². The van der Waals surface area contributed by atoms with Crippen LogP contribution in [0, 0.1) is 5.82 Å². The summed E-state index contributed by atoms with van der Waals surface area (Å²) in [4.78, 5) is 11.5. The molecule has 1 aliphatic heterocycles. The fourth-order valence-electron chi connectivity index (χ4n) is 2.55. The molecule has 0 aliphatic carbocycles. The first-order chi connectivity index (χ1) is 9.75. The fourth-order valence-corrected chi connectivity index (χ4v) is 2.55. The maximum Gasteiger partial charge on any atom is 0.235 e. The second kappa shape index (κ2) is 5.43. The molecule has 0 aromatic heterocycles. The smallest absolute Gasteiger partial charge is 0.235 e. The number of carbonyl (C=O) groups excluding carboxylic acids is 1. The molecular weight excluding hydrogens is 255 g/mol. The molecule has 0 spiro atoms. The molecule has 1 saturated heterocycles. The van der Waals surface area contributed by atoms with Crippen molar-refractivity contribution in [1.82, 2.24) is 10.4 Å². The van der Waals surface area contributed by atoms with Crippen molar-refractivity contribution in [2.75, 3.05) is 6.54 Å². The summed E-state index contributed by atoms with van der Waals surface area (Å²) in [5, 5.41) is 1.80. The van der Waals surface area contributed by atoms with Crippen LogP contribution in [0.4, 0.5) is 4.39 Å². The van der Waals surface area contributed by atoms with Gasteiger partial charge in [0.2, 0.25) is 5.91 Å². The molecule has 2 aromatic rings. The van der Waals surface area contributed by atoms with Crippen molar-refractivity contribution in [2.24, 2.45) is 0 Å². The second-order valence-electron chi connectivity index (χ2n) is 4.81. The lowest BCUT2D eigenvalue weighted by Crippen LogP contribution is -2.37. The van der Waals surface area contributed by atoms with Crippen LogP contribution in [0.1, 0.15) is 23.6 Å². The fraction of sp³-hybridized carbons (Fsp3) is 0.188. The van der Waals surface area contributed by atoms with E-state index in [0.717, 1.165) is 5.56 Å². The lowest BCUT2D eigenvalue weighted by molar-refractivity contribution is -0.121. The van der Waals surface area contributed by atoms with Gasteiger partial charge in [-0.05, 0) is 11.6 Å². The van der Waals surface area contributed by atoms with Crippen LogP contribution >= 0.6 is 0 Å². The molecule has 1 fully saturated rings. The molecule has 102 valence electrons. The molecular formula is C16H15FN2O. The largest absolute Gasteiger partial charge is 0.288 e. The van der Waals surface area contributed by atoms with Crippen molar-refractivity contribution in [3.05, 3.63) is 71.5 Å². The van der Waals surface area contributed by atoms with Crippen LogP contribution in [0.15, 0.2) is 54.6 Å². The predicted molar refractivity (Wildman–Crippen MR) is 74.2 cm³/mol. The van der Waals surface area contributed by atoms with Crippen LogP contribution < -0.4 is 5.43 Å². The Hall–Kier alpha value is -2.20. The molecule has 3 nitrogen and oxygen atoms in total. The standard InChI is InChI=1S/C16H15FN2O/c17-14-9-5-4-8-13(14)16(12-6-2-1-3-7-12)19-11-10-15(20)18-19/h1-9,16H,10-11H2,(H,18,20)/t16-/m1/s1. The van der Waals surface area contributed by atoms with Crippen molar-refractivity contribution in [1.29, 1.82) is 0 Å². The van der Waals surface area contributed by atoms with Crippen molar-refractivity contribution < 1.29 is 9.18 Å². The molecule has 0 unspecified atom stereocenters. The molecule has 1 amide bonds. The van der Waals surface area contributed by atoms with Crippen molar-refractivity contribution >= 4 is 5.91 Å². The van der Waals surface area contributed by atoms with Crippen LogP contribution in [0.25, 0.3) is 0 Å². The molecule has 1 atom stereocenters. The van der Waals surface area contributed by atoms with Gasteiger partial charge in [0.25, 0.3) is 0 Å². The van der Waals surface area contributed by atoms with E-state index in [1.165, 1.54) is 6.07 Å². The maximum atomic E-state index is 14.1. The van der Waals surface area contributed by atoms with Gasteiger partial charge in [0, 0.05) is 18.5 Å². The quantitative estimate of drug-likeness (QED) is 0.930. The Morgan fingerprint density at radius 1 is 1.05 bits per heavy atom. The average Bonchev–Trinajstić information content (AvgIpc) is 2.89. The summed E-state index contributed by atoms with van der Waals surface area (Å²) >= 11 is 0. The Bertz CT molecular complexity index is 615. The van der Waals surface area contributed by atoms with Gasteiger partial charge in [-0.3, -0.25) is 10.2 Å². The number of hydrazine groups is 1. The molecule has 3 rings (SSSR count). The lowest BCUT2D eigenvalue weighted by Gasteiger charge is -2.28. The van der Waals surface area contributed by atoms with E-state index < -0.39 is 0 Å². The molecule has 0 radical (unpaired) electrons. The summed E-state index contributed by atoms with van der Waals surface area (Å²) in [6.07, 6.45) is 0.442. The van der Waals surface area contributed by atoms with Gasteiger partial charge in [-0.25, -0.2) is 9.40 Å². The molecule has 20 heavy (non-hydrogen) atoms. The van der Waals surface area contributed by atoms with E-state index in [-0.39, 0.29) is 17.8 Å². The highest BCUT2D eigenvalue weighted by molar-refractivity contribution is 5.77. The molecule has 0 bridgehead atoms. The molecule has 1 aliphatic rings. The van der Waals surface area contributed by atoms with Crippen molar-refractivity contribution in [3.8, 4) is 0 Å². The number of halogens is 1. The summed E-state index contributed by atoms with van der Waals surface area (Å²) in [5.74, 6) is -0.287. The number of hydrogen-bond acceptors (Lipinski definition) is 2. The third kappa shape index (κ3) is 2.42. The van der Waals surface area contributed by atoms with Crippen molar-refractivity contribution in [3.63, 3.8) is 0 Å². The zero-order valence-corrected chi connectivity index (χ0v) is 10.9. The summed E-state index contributed by atoms with van der Waals surface area (Å²) < 4.78 is 14.1. The SMILES string of the molecule is O=C1CCN([C@H](c2ccccc2)c2ccccc2F)N1. The minimum Gasteiger partial charge on any atom is -0.288 e. The van der Waals surface area contributed by atoms with Gasteiger partial charge in [-0.2, -0.15) is 0 Å². The lowest BCUT2D eigenvalue weighted by atomic mass is 9.97. The van der Waals surface area contributed by atoms with Gasteiger partial charge in [0.1, 0.15) is 5.82 Å². The van der Waals surface area contributed by atoms with Gasteiger partial charge in [0.05, 0.1) is 6.04 Å². The van der Waals surface area contributed by atoms with E-state index in [1.807, 2.05) is 36.4 Å². The maximum absolute atomic E-state index is 14.1. The third-order valence-electron chi connectivity index (χ3n) is 3.47. The third-order valence-corrected chi connectivity index (χ3v) is 3.47. The second-order valence-corrected chi connectivity index (χ2v) is 4.81. The monoisotopic (exact) mass is 270 g/mol. The van der Waals surface area contributed by atoms with Crippen LogP contribution in [0.5, 0.6) is 0 Å². The van der Waals surface area contributed by atoms with Gasteiger partial charge >= 0.3 is 0 Å². The molecule has 1 N–H and O–H groups in total. The molecule has 4 heteroatoms. The van der Waals surface area contributed by atoms with Crippen molar-refractivity contribution in [2.45, 2.75) is 12.5 Å². The average molecular weight is 270 g/mol. The van der Waals surface area contributed by atoms with Crippen LogP contribution in [0.2, 0.25) is 0 Å². The van der Waals surface area contributed by atoms with E-state index in [9.17, 15) is 9.18 Å². The van der Waals surface area contributed by atoms with Gasteiger partial charge in [0.15, 0.2) is 0 Å². The zero-order valence-electron chi connectivity index (χ0n) is 10.9.